The molecule has 5 heteroatoms. The topological polar surface area (TPSA) is 35.2 Å². The van der Waals surface area contributed by atoms with Crippen molar-refractivity contribution in [3.05, 3.63) is 58.6 Å². The minimum Gasteiger partial charge on any atom is -0.487 e. The molecule has 0 spiro atoms. The van der Waals surface area contributed by atoms with Gasteiger partial charge in [-0.3, -0.25) is 0 Å². The molecule has 0 heterocycles. The highest BCUT2D eigenvalue weighted by Crippen LogP contribution is 2.26. The van der Waals surface area contributed by atoms with Crippen LogP contribution < -0.4 is 10.5 Å². The third-order valence-electron chi connectivity index (χ3n) is 2.39. The van der Waals surface area contributed by atoms with Gasteiger partial charge in [0.25, 0.3) is 0 Å². The second kappa shape index (κ2) is 5.23. The Morgan fingerprint density at radius 1 is 1.17 bits per heavy atom. The van der Waals surface area contributed by atoms with E-state index in [2.05, 4.69) is 0 Å². The zero-order valence-electron chi connectivity index (χ0n) is 9.29. The van der Waals surface area contributed by atoms with E-state index in [-0.39, 0.29) is 12.2 Å². The van der Waals surface area contributed by atoms with Crippen LogP contribution in [-0.2, 0) is 6.61 Å². The largest absolute Gasteiger partial charge is 0.487 e. The molecule has 0 fully saturated rings. The molecule has 0 aliphatic heterocycles. The zero-order chi connectivity index (χ0) is 13.1. The van der Waals surface area contributed by atoms with Crippen molar-refractivity contribution >= 4 is 17.3 Å². The second-order valence-corrected chi connectivity index (χ2v) is 4.12. The van der Waals surface area contributed by atoms with Crippen molar-refractivity contribution in [1.82, 2.24) is 0 Å². The molecular weight excluding hydrogens is 260 g/mol. The molecule has 94 valence electrons. The van der Waals surface area contributed by atoms with Gasteiger partial charge in [-0.15, -0.1) is 0 Å². The van der Waals surface area contributed by atoms with Crippen molar-refractivity contribution in [2.24, 2.45) is 0 Å². The van der Waals surface area contributed by atoms with Crippen LogP contribution in [0.15, 0.2) is 36.4 Å². The predicted octanol–water partition coefficient (Wildman–Crippen LogP) is 3.78. The summed E-state index contributed by atoms with van der Waals surface area (Å²) in [5.41, 5.74) is 6.15. The molecule has 0 aliphatic rings. The van der Waals surface area contributed by atoms with Crippen LogP contribution in [0.25, 0.3) is 0 Å². The minimum atomic E-state index is -0.912. The fourth-order valence-electron chi connectivity index (χ4n) is 1.47. The van der Waals surface area contributed by atoms with E-state index in [4.69, 9.17) is 22.1 Å². The quantitative estimate of drug-likeness (QED) is 0.861. The van der Waals surface area contributed by atoms with Crippen molar-refractivity contribution < 1.29 is 13.5 Å². The first-order valence-corrected chi connectivity index (χ1v) is 5.56. The van der Waals surface area contributed by atoms with E-state index in [1.807, 2.05) is 0 Å². The van der Waals surface area contributed by atoms with Crippen molar-refractivity contribution in [3.8, 4) is 5.75 Å². The zero-order valence-corrected chi connectivity index (χ0v) is 10.0. The number of nitrogens with two attached hydrogens (primary N) is 1. The molecule has 2 aromatic carbocycles. The smallest absolute Gasteiger partial charge is 0.165 e. The first-order valence-electron chi connectivity index (χ1n) is 5.18. The lowest BCUT2D eigenvalue weighted by Gasteiger charge is -2.09. The van der Waals surface area contributed by atoms with Gasteiger partial charge in [0.15, 0.2) is 11.6 Å². The van der Waals surface area contributed by atoms with Gasteiger partial charge < -0.3 is 10.5 Å². The molecule has 0 radical (unpaired) electrons. The Labute approximate surface area is 108 Å². The maximum absolute atomic E-state index is 13.4. The number of halogens is 3. The van der Waals surface area contributed by atoms with Gasteiger partial charge in [0.2, 0.25) is 0 Å². The lowest BCUT2D eigenvalue weighted by atomic mass is 10.2. The number of nitrogen functional groups attached to an aromatic ring is 1. The van der Waals surface area contributed by atoms with Crippen LogP contribution in [0.2, 0.25) is 5.02 Å². The van der Waals surface area contributed by atoms with Crippen molar-refractivity contribution in [1.29, 1.82) is 0 Å². The van der Waals surface area contributed by atoms with Crippen LogP contribution in [0.4, 0.5) is 14.5 Å². The molecule has 2 N–H and O–H groups in total. The normalized spacial score (nSPS) is 10.4. The maximum Gasteiger partial charge on any atom is 0.165 e. The molecule has 2 rings (SSSR count). The number of benzene rings is 2. The fraction of sp³-hybridized carbons (Fsp3) is 0.0769. The van der Waals surface area contributed by atoms with E-state index in [0.29, 0.717) is 16.5 Å². The summed E-state index contributed by atoms with van der Waals surface area (Å²) in [6, 6.07) is 8.63. The molecule has 0 amide bonds. The monoisotopic (exact) mass is 269 g/mol. The molecule has 2 aromatic rings. The number of hydrogen-bond acceptors (Lipinski definition) is 2. The molecule has 0 aromatic heterocycles. The van der Waals surface area contributed by atoms with Gasteiger partial charge >= 0.3 is 0 Å². The summed E-state index contributed by atoms with van der Waals surface area (Å²) >= 11 is 5.73. The lowest BCUT2D eigenvalue weighted by molar-refractivity contribution is 0.299. The third kappa shape index (κ3) is 2.71. The number of ether oxygens (including phenoxy) is 1. The van der Waals surface area contributed by atoms with E-state index in [1.165, 1.54) is 18.2 Å². The second-order valence-electron chi connectivity index (χ2n) is 3.68. The van der Waals surface area contributed by atoms with Crippen LogP contribution in [0.3, 0.4) is 0 Å². The van der Waals surface area contributed by atoms with Crippen LogP contribution in [0.1, 0.15) is 5.56 Å². The Hall–Kier alpha value is -1.81. The number of hydrogen-bond donors (Lipinski definition) is 1. The average molecular weight is 270 g/mol. The molecule has 0 bridgehead atoms. The van der Waals surface area contributed by atoms with Crippen molar-refractivity contribution in [2.45, 2.75) is 6.61 Å². The van der Waals surface area contributed by atoms with Crippen LogP contribution in [0.5, 0.6) is 5.75 Å². The molecule has 0 saturated carbocycles. The van der Waals surface area contributed by atoms with Gasteiger partial charge in [0, 0.05) is 10.6 Å². The maximum atomic E-state index is 13.4. The third-order valence-corrected chi connectivity index (χ3v) is 2.62. The van der Waals surface area contributed by atoms with Gasteiger partial charge in [-0.2, -0.15) is 0 Å². The van der Waals surface area contributed by atoms with Gasteiger partial charge in [0.1, 0.15) is 12.4 Å². The SMILES string of the molecule is Nc1cc(Cl)ccc1OCc1cccc(F)c1F. The molecule has 0 aliphatic carbocycles. The van der Waals surface area contributed by atoms with Crippen molar-refractivity contribution in [3.63, 3.8) is 0 Å². The lowest BCUT2D eigenvalue weighted by Crippen LogP contribution is -2.02. The molecule has 18 heavy (non-hydrogen) atoms. The van der Waals surface area contributed by atoms with Gasteiger partial charge in [-0.25, -0.2) is 8.78 Å². The van der Waals surface area contributed by atoms with E-state index in [0.717, 1.165) is 6.07 Å². The minimum absolute atomic E-state index is 0.102. The van der Waals surface area contributed by atoms with Crippen LogP contribution >= 0.6 is 11.6 Å². The number of rotatable bonds is 3. The summed E-state index contributed by atoms with van der Waals surface area (Å²) in [7, 11) is 0. The van der Waals surface area contributed by atoms with Crippen LogP contribution in [0, 0.1) is 11.6 Å². The molecular formula is C13H10ClF2NO. The Morgan fingerprint density at radius 2 is 1.94 bits per heavy atom. The molecule has 2 nitrogen and oxygen atoms in total. The first kappa shape index (κ1) is 12.6. The Kier molecular flexibility index (Phi) is 3.67. The van der Waals surface area contributed by atoms with Crippen LogP contribution in [-0.4, -0.2) is 0 Å². The van der Waals surface area contributed by atoms with Gasteiger partial charge in [-0.05, 0) is 24.3 Å². The summed E-state index contributed by atoms with van der Waals surface area (Å²) in [4.78, 5) is 0. The van der Waals surface area contributed by atoms with E-state index in [1.54, 1.807) is 12.1 Å². The highest BCUT2D eigenvalue weighted by molar-refractivity contribution is 6.30. The fourth-order valence-corrected chi connectivity index (χ4v) is 1.65. The highest BCUT2D eigenvalue weighted by Gasteiger charge is 2.09. The summed E-state index contributed by atoms with van der Waals surface area (Å²) in [5, 5.41) is 0.483. The average Bonchev–Trinajstić information content (AvgIpc) is 2.33. The van der Waals surface area contributed by atoms with E-state index in [9.17, 15) is 8.78 Å². The van der Waals surface area contributed by atoms with Gasteiger partial charge in [-0.1, -0.05) is 23.7 Å². The summed E-state index contributed by atoms with van der Waals surface area (Å²) in [6.07, 6.45) is 0. The Bertz CT molecular complexity index is 575. The number of anilines is 1. The summed E-state index contributed by atoms with van der Waals surface area (Å²) in [5.74, 6) is -1.44. The van der Waals surface area contributed by atoms with E-state index >= 15 is 0 Å². The molecule has 0 unspecified atom stereocenters. The summed E-state index contributed by atoms with van der Waals surface area (Å²) in [6.45, 7) is -0.102. The van der Waals surface area contributed by atoms with Gasteiger partial charge in [0.05, 0.1) is 5.69 Å². The molecule has 0 saturated heterocycles. The highest BCUT2D eigenvalue weighted by atomic mass is 35.5. The molecule has 0 atom stereocenters. The Balaban J connectivity index is 2.14. The van der Waals surface area contributed by atoms with Crippen molar-refractivity contribution in [2.75, 3.05) is 5.73 Å². The summed E-state index contributed by atoms with van der Waals surface area (Å²) < 4.78 is 31.6. The predicted molar refractivity (Wildman–Crippen MR) is 66.6 cm³/mol. The Morgan fingerprint density at radius 3 is 2.67 bits per heavy atom. The van der Waals surface area contributed by atoms with E-state index < -0.39 is 11.6 Å². The standard InChI is InChI=1S/C13H10ClF2NO/c14-9-4-5-12(11(17)6-9)18-7-8-2-1-3-10(15)13(8)16/h1-6H,7,17H2. The first-order chi connectivity index (χ1) is 8.58.